The molecule has 29 heavy (non-hydrogen) atoms. The lowest BCUT2D eigenvalue weighted by Gasteiger charge is -2.06. The van der Waals surface area contributed by atoms with E-state index in [-0.39, 0.29) is 5.91 Å². The summed E-state index contributed by atoms with van der Waals surface area (Å²) in [7, 11) is 1.63. The molecule has 0 saturated heterocycles. The lowest BCUT2D eigenvalue weighted by molar-refractivity contribution is 0.102. The first-order chi connectivity index (χ1) is 14.2. The molecular weight excluding hydrogens is 380 g/mol. The van der Waals surface area contributed by atoms with Crippen LogP contribution in [0.5, 0.6) is 5.75 Å². The Hall–Kier alpha value is -3.44. The maximum Gasteiger partial charge on any atom is 0.257 e. The SMILES string of the molecule is COc1ccccc1-c1csc(NC(=O)c2ccc(Cc3ccccc3)cc2)n1. The summed E-state index contributed by atoms with van der Waals surface area (Å²) in [5.41, 5.74) is 4.70. The summed E-state index contributed by atoms with van der Waals surface area (Å²) in [4.78, 5) is 17.1. The number of rotatable bonds is 6. The highest BCUT2D eigenvalue weighted by Gasteiger charge is 2.12. The van der Waals surface area contributed by atoms with Crippen LogP contribution in [0.1, 0.15) is 21.5 Å². The van der Waals surface area contributed by atoms with Crippen LogP contribution < -0.4 is 10.1 Å². The quantitative estimate of drug-likeness (QED) is 0.454. The number of hydrogen-bond donors (Lipinski definition) is 1. The van der Waals surface area contributed by atoms with Crippen LogP contribution in [0.2, 0.25) is 0 Å². The van der Waals surface area contributed by atoms with E-state index in [1.165, 1.54) is 22.5 Å². The van der Waals surface area contributed by atoms with Gasteiger partial charge >= 0.3 is 0 Å². The highest BCUT2D eigenvalue weighted by molar-refractivity contribution is 7.14. The normalized spacial score (nSPS) is 10.5. The number of thiazole rings is 1. The smallest absolute Gasteiger partial charge is 0.257 e. The molecule has 1 amide bonds. The van der Waals surface area contributed by atoms with Gasteiger partial charge in [0.05, 0.1) is 12.8 Å². The van der Waals surface area contributed by atoms with Crippen LogP contribution in [0.15, 0.2) is 84.2 Å². The molecule has 3 aromatic carbocycles. The van der Waals surface area contributed by atoms with Crippen LogP contribution in [0.3, 0.4) is 0 Å². The van der Waals surface area contributed by atoms with E-state index >= 15 is 0 Å². The van der Waals surface area contributed by atoms with Crippen LogP contribution in [0.25, 0.3) is 11.3 Å². The van der Waals surface area contributed by atoms with Crippen molar-refractivity contribution in [3.8, 4) is 17.0 Å². The maximum atomic E-state index is 12.6. The van der Waals surface area contributed by atoms with Gasteiger partial charge in [-0.25, -0.2) is 4.98 Å². The number of nitrogens with zero attached hydrogens (tertiary/aromatic N) is 1. The number of para-hydroxylation sites is 1. The molecule has 5 heteroatoms. The molecule has 1 N–H and O–H groups in total. The number of amides is 1. The largest absolute Gasteiger partial charge is 0.496 e. The molecule has 1 aromatic heterocycles. The van der Waals surface area contributed by atoms with Crippen molar-refractivity contribution in [2.75, 3.05) is 12.4 Å². The maximum absolute atomic E-state index is 12.6. The van der Waals surface area contributed by atoms with E-state index in [2.05, 4.69) is 22.4 Å². The monoisotopic (exact) mass is 400 g/mol. The van der Waals surface area contributed by atoms with Crippen molar-refractivity contribution in [2.45, 2.75) is 6.42 Å². The third kappa shape index (κ3) is 4.52. The van der Waals surface area contributed by atoms with Gasteiger partial charge in [-0.3, -0.25) is 10.1 Å². The zero-order valence-corrected chi connectivity index (χ0v) is 16.8. The van der Waals surface area contributed by atoms with Gasteiger partial charge in [-0.15, -0.1) is 11.3 Å². The zero-order chi connectivity index (χ0) is 20.1. The average Bonchev–Trinajstić information content (AvgIpc) is 3.23. The van der Waals surface area contributed by atoms with Crippen molar-refractivity contribution in [3.05, 3.63) is 101 Å². The average molecular weight is 401 g/mol. The van der Waals surface area contributed by atoms with Gasteiger partial charge in [0, 0.05) is 16.5 Å². The number of hydrogen-bond acceptors (Lipinski definition) is 4. The Kier molecular flexibility index (Phi) is 5.68. The molecule has 0 aliphatic rings. The van der Waals surface area contributed by atoms with Crippen LogP contribution >= 0.6 is 11.3 Å². The molecule has 0 fully saturated rings. The molecule has 0 unspecified atom stereocenters. The number of ether oxygens (including phenoxy) is 1. The molecule has 144 valence electrons. The number of carbonyl (C=O) groups is 1. The Bertz CT molecular complexity index is 1110. The molecule has 0 aliphatic carbocycles. The number of aromatic nitrogens is 1. The van der Waals surface area contributed by atoms with Gasteiger partial charge in [0.1, 0.15) is 5.75 Å². The number of methoxy groups -OCH3 is 1. The zero-order valence-electron chi connectivity index (χ0n) is 16.0. The predicted molar refractivity (Wildman–Crippen MR) is 118 cm³/mol. The van der Waals surface area contributed by atoms with Crippen molar-refractivity contribution in [1.29, 1.82) is 0 Å². The van der Waals surface area contributed by atoms with Gasteiger partial charge in [-0.2, -0.15) is 0 Å². The molecular formula is C24H20N2O2S. The van der Waals surface area contributed by atoms with Crippen LogP contribution in [-0.2, 0) is 6.42 Å². The van der Waals surface area contributed by atoms with E-state index in [0.717, 1.165) is 23.4 Å². The minimum atomic E-state index is -0.169. The van der Waals surface area contributed by atoms with Crippen molar-refractivity contribution in [1.82, 2.24) is 4.98 Å². The van der Waals surface area contributed by atoms with Crippen molar-refractivity contribution in [3.63, 3.8) is 0 Å². The second-order valence-electron chi connectivity index (χ2n) is 6.55. The number of nitrogens with one attached hydrogen (secondary N) is 1. The third-order valence-electron chi connectivity index (χ3n) is 4.57. The van der Waals surface area contributed by atoms with E-state index in [0.29, 0.717) is 10.7 Å². The first-order valence-electron chi connectivity index (χ1n) is 9.26. The van der Waals surface area contributed by atoms with E-state index < -0.39 is 0 Å². The highest BCUT2D eigenvalue weighted by atomic mass is 32.1. The topological polar surface area (TPSA) is 51.2 Å². The van der Waals surface area contributed by atoms with E-state index in [1.807, 2.05) is 72.1 Å². The van der Waals surface area contributed by atoms with E-state index in [4.69, 9.17) is 4.74 Å². The van der Waals surface area contributed by atoms with Gasteiger partial charge in [0.15, 0.2) is 5.13 Å². The fourth-order valence-corrected chi connectivity index (χ4v) is 3.79. The fraction of sp³-hybridized carbons (Fsp3) is 0.0833. The van der Waals surface area contributed by atoms with Gasteiger partial charge in [0.25, 0.3) is 5.91 Å². The Morgan fingerprint density at radius 1 is 0.931 bits per heavy atom. The number of carbonyl (C=O) groups excluding carboxylic acids is 1. The molecule has 4 rings (SSSR count). The van der Waals surface area contributed by atoms with E-state index in [1.54, 1.807) is 7.11 Å². The lowest BCUT2D eigenvalue weighted by atomic mass is 10.0. The van der Waals surface area contributed by atoms with Crippen LogP contribution in [0.4, 0.5) is 5.13 Å². The first kappa shape index (κ1) is 18.9. The summed E-state index contributed by atoms with van der Waals surface area (Å²) in [5, 5.41) is 5.36. The Labute approximate surface area is 173 Å². The minimum absolute atomic E-state index is 0.169. The highest BCUT2D eigenvalue weighted by Crippen LogP contribution is 2.32. The van der Waals surface area contributed by atoms with Gasteiger partial charge in [0.2, 0.25) is 0 Å². The summed E-state index contributed by atoms with van der Waals surface area (Å²) in [5.74, 6) is 0.585. The fourth-order valence-electron chi connectivity index (χ4n) is 3.09. The Morgan fingerprint density at radius 2 is 1.62 bits per heavy atom. The van der Waals surface area contributed by atoms with Crippen LogP contribution in [0, 0.1) is 0 Å². The summed E-state index contributed by atoms with van der Waals surface area (Å²) in [6.07, 6.45) is 0.845. The summed E-state index contributed by atoms with van der Waals surface area (Å²) in [6, 6.07) is 25.6. The first-order valence-corrected chi connectivity index (χ1v) is 10.1. The minimum Gasteiger partial charge on any atom is -0.496 e. The predicted octanol–water partition coefficient (Wildman–Crippen LogP) is 5.66. The van der Waals surface area contributed by atoms with Gasteiger partial charge in [-0.05, 0) is 41.8 Å². The van der Waals surface area contributed by atoms with E-state index in [9.17, 15) is 4.79 Å². The number of anilines is 1. The molecule has 0 saturated carbocycles. The Balaban J connectivity index is 1.44. The van der Waals surface area contributed by atoms with Crippen LogP contribution in [-0.4, -0.2) is 18.0 Å². The summed E-state index contributed by atoms with van der Waals surface area (Å²) < 4.78 is 5.39. The summed E-state index contributed by atoms with van der Waals surface area (Å²) in [6.45, 7) is 0. The van der Waals surface area contributed by atoms with Gasteiger partial charge in [-0.1, -0.05) is 54.6 Å². The molecule has 0 atom stereocenters. The molecule has 4 nitrogen and oxygen atoms in total. The number of benzene rings is 3. The molecule has 0 radical (unpaired) electrons. The van der Waals surface area contributed by atoms with Crippen molar-refractivity contribution in [2.24, 2.45) is 0 Å². The summed E-state index contributed by atoms with van der Waals surface area (Å²) >= 11 is 1.39. The molecule has 0 spiro atoms. The third-order valence-corrected chi connectivity index (χ3v) is 5.33. The van der Waals surface area contributed by atoms with Crippen molar-refractivity contribution >= 4 is 22.4 Å². The second kappa shape index (κ2) is 8.71. The van der Waals surface area contributed by atoms with Crippen molar-refractivity contribution < 1.29 is 9.53 Å². The molecule has 4 aromatic rings. The lowest BCUT2D eigenvalue weighted by Crippen LogP contribution is -2.11. The Morgan fingerprint density at radius 3 is 2.38 bits per heavy atom. The molecule has 0 bridgehead atoms. The molecule has 0 aliphatic heterocycles. The standard InChI is InChI=1S/C24H20N2O2S/c1-28-22-10-6-5-9-20(22)21-16-29-24(25-21)26-23(27)19-13-11-18(12-14-19)15-17-7-3-2-4-8-17/h2-14,16H,15H2,1H3,(H,25,26,27). The van der Waals surface area contributed by atoms with Gasteiger partial charge < -0.3 is 4.74 Å². The molecule has 1 heterocycles. The second-order valence-corrected chi connectivity index (χ2v) is 7.41.